The first-order valence-corrected chi connectivity index (χ1v) is 5.25. The van der Waals surface area contributed by atoms with Crippen LogP contribution in [0.2, 0.25) is 0 Å². The lowest BCUT2D eigenvalue weighted by molar-refractivity contribution is -0.127. The summed E-state index contributed by atoms with van der Waals surface area (Å²) in [4.78, 5) is 13.1. The van der Waals surface area contributed by atoms with Crippen LogP contribution in [-0.2, 0) is 11.2 Å². The molecule has 0 saturated carbocycles. The minimum Gasteiger partial charge on any atom is -0.376 e. The van der Waals surface area contributed by atoms with Crippen LogP contribution in [0.1, 0.15) is 5.56 Å². The fourth-order valence-electron chi connectivity index (χ4n) is 1.23. The molecule has 1 rings (SSSR count). The summed E-state index contributed by atoms with van der Waals surface area (Å²) >= 11 is 4.74. The third-order valence-electron chi connectivity index (χ3n) is 2.05. The van der Waals surface area contributed by atoms with E-state index in [0.717, 1.165) is 11.3 Å². The lowest BCUT2D eigenvalue weighted by Gasteiger charge is -2.11. The highest BCUT2D eigenvalue weighted by atomic mass is 32.1. The van der Waals surface area contributed by atoms with Crippen LogP contribution < -0.4 is 11.1 Å². The average molecular weight is 237 g/mol. The van der Waals surface area contributed by atoms with Crippen molar-refractivity contribution in [1.29, 1.82) is 0 Å². The Labute approximate surface area is 100 Å². The van der Waals surface area contributed by atoms with E-state index in [1.165, 1.54) is 0 Å². The van der Waals surface area contributed by atoms with Gasteiger partial charge in [0.1, 0.15) is 0 Å². The van der Waals surface area contributed by atoms with Crippen LogP contribution in [0.25, 0.3) is 0 Å². The van der Waals surface area contributed by atoms with Gasteiger partial charge in [0.05, 0.1) is 6.42 Å². The monoisotopic (exact) mass is 237 g/mol. The minimum absolute atomic E-state index is 0.0625. The normalized spacial score (nSPS) is 9.62. The quantitative estimate of drug-likeness (QED) is 0.769. The predicted molar refractivity (Wildman–Crippen MR) is 69.2 cm³/mol. The molecular weight excluding hydrogens is 222 g/mol. The number of anilines is 1. The van der Waals surface area contributed by atoms with E-state index in [1.807, 2.05) is 24.3 Å². The molecule has 0 atom stereocenters. The molecule has 0 saturated heterocycles. The summed E-state index contributed by atoms with van der Waals surface area (Å²) in [7, 11) is 3.47. The summed E-state index contributed by atoms with van der Waals surface area (Å²) in [5, 5.41) is 3.05. The van der Waals surface area contributed by atoms with Crippen molar-refractivity contribution < 1.29 is 4.79 Å². The molecule has 0 aliphatic carbocycles. The summed E-state index contributed by atoms with van der Waals surface area (Å²) < 4.78 is 0. The van der Waals surface area contributed by atoms with Crippen LogP contribution in [0.15, 0.2) is 24.3 Å². The maximum absolute atomic E-state index is 11.5. The smallest absolute Gasteiger partial charge is 0.226 e. The van der Waals surface area contributed by atoms with Gasteiger partial charge in [0.15, 0.2) is 5.11 Å². The molecule has 0 aliphatic heterocycles. The summed E-state index contributed by atoms with van der Waals surface area (Å²) in [6, 6.07) is 7.47. The van der Waals surface area contributed by atoms with Gasteiger partial charge in [-0.1, -0.05) is 12.1 Å². The van der Waals surface area contributed by atoms with Gasteiger partial charge < -0.3 is 16.0 Å². The molecule has 16 heavy (non-hydrogen) atoms. The molecule has 86 valence electrons. The third-order valence-corrected chi connectivity index (χ3v) is 2.15. The van der Waals surface area contributed by atoms with E-state index >= 15 is 0 Å². The molecule has 1 amide bonds. The number of carbonyl (C=O) groups excluding carboxylic acids is 1. The number of thiocarbonyl (C=S) groups is 1. The number of carbonyl (C=O) groups is 1. The topological polar surface area (TPSA) is 58.4 Å². The van der Waals surface area contributed by atoms with E-state index in [-0.39, 0.29) is 11.0 Å². The number of nitrogens with zero attached hydrogens (tertiary/aromatic N) is 1. The van der Waals surface area contributed by atoms with Crippen molar-refractivity contribution in [2.75, 3.05) is 19.4 Å². The van der Waals surface area contributed by atoms with Gasteiger partial charge in [0.25, 0.3) is 0 Å². The van der Waals surface area contributed by atoms with Gasteiger partial charge in [0.2, 0.25) is 5.91 Å². The number of amides is 1. The van der Waals surface area contributed by atoms with Gasteiger partial charge >= 0.3 is 0 Å². The van der Waals surface area contributed by atoms with Crippen molar-refractivity contribution >= 4 is 28.9 Å². The highest BCUT2D eigenvalue weighted by Crippen LogP contribution is 2.11. The van der Waals surface area contributed by atoms with Crippen LogP contribution in [0.5, 0.6) is 0 Å². The molecule has 0 radical (unpaired) electrons. The molecule has 5 heteroatoms. The van der Waals surface area contributed by atoms with E-state index in [1.54, 1.807) is 19.0 Å². The molecule has 1 aromatic rings. The molecule has 0 spiro atoms. The summed E-state index contributed by atoms with van der Waals surface area (Å²) in [6.45, 7) is 0. The van der Waals surface area contributed by atoms with Crippen LogP contribution in [0.3, 0.4) is 0 Å². The molecule has 0 bridgehead atoms. The summed E-state index contributed by atoms with van der Waals surface area (Å²) in [5.41, 5.74) is 7.10. The Morgan fingerprint density at radius 1 is 1.50 bits per heavy atom. The minimum atomic E-state index is 0.0625. The molecule has 3 N–H and O–H groups in total. The van der Waals surface area contributed by atoms with Gasteiger partial charge in [-0.3, -0.25) is 4.79 Å². The maximum Gasteiger partial charge on any atom is 0.226 e. The number of hydrogen-bond acceptors (Lipinski definition) is 2. The summed E-state index contributed by atoms with van der Waals surface area (Å²) in [6.07, 6.45) is 0.375. The Morgan fingerprint density at radius 3 is 2.75 bits per heavy atom. The third kappa shape index (κ3) is 3.86. The predicted octanol–water partition coefficient (Wildman–Crippen LogP) is 0.973. The van der Waals surface area contributed by atoms with Crippen LogP contribution in [0, 0.1) is 0 Å². The molecule has 1 aromatic carbocycles. The van der Waals surface area contributed by atoms with E-state index in [2.05, 4.69) is 5.32 Å². The van der Waals surface area contributed by atoms with Gasteiger partial charge in [0, 0.05) is 19.8 Å². The number of likely N-dealkylation sites (N-methyl/N-ethyl adjacent to an activating group) is 1. The second-order valence-electron chi connectivity index (χ2n) is 3.65. The van der Waals surface area contributed by atoms with Crippen molar-refractivity contribution in [2.45, 2.75) is 6.42 Å². The van der Waals surface area contributed by atoms with Crippen molar-refractivity contribution in [3.63, 3.8) is 0 Å². The molecule has 0 aliphatic rings. The Balaban J connectivity index is 2.74. The lowest BCUT2D eigenvalue weighted by atomic mass is 10.1. The van der Waals surface area contributed by atoms with Crippen LogP contribution >= 0.6 is 12.2 Å². The van der Waals surface area contributed by atoms with Gasteiger partial charge in [-0.05, 0) is 29.9 Å². The van der Waals surface area contributed by atoms with E-state index in [0.29, 0.717) is 6.42 Å². The average Bonchev–Trinajstić information content (AvgIpc) is 2.16. The van der Waals surface area contributed by atoms with E-state index in [9.17, 15) is 4.79 Å². The van der Waals surface area contributed by atoms with Crippen molar-refractivity contribution in [1.82, 2.24) is 4.90 Å². The van der Waals surface area contributed by atoms with E-state index in [4.69, 9.17) is 18.0 Å². The Kier molecular flexibility index (Phi) is 4.25. The number of nitrogens with two attached hydrogens (primary N) is 1. The Bertz CT molecular complexity index is 404. The Morgan fingerprint density at radius 2 is 2.19 bits per heavy atom. The zero-order valence-corrected chi connectivity index (χ0v) is 10.2. The standard InChI is InChI=1S/C11H15N3OS/c1-14(2)10(15)7-8-4-3-5-9(6-8)13-11(12)16/h3-6H,7H2,1-2H3,(H3,12,13,16). The molecule has 0 unspecified atom stereocenters. The lowest BCUT2D eigenvalue weighted by Crippen LogP contribution is -2.23. The molecule has 0 aromatic heterocycles. The van der Waals surface area contributed by atoms with Crippen molar-refractivity contribution in [3.05, 3.63) is 29.8 Å². The van der Waals surface area contributed by atoms with Gasteiger partial charge in [-0.15, -0.1) is 0 Å². The molecule has 0 fully saturated rings. The maximum atomic E-state index is 11.5. The first-order valence-electron chi connectivity index (χ1n) is 4.84. The highest BCUT2D eigenvalue weighted by Gasteiger charge is 2.05. The van der Waals surface area contributed by atoms with Crippen molar-refractivity contribution in [2.24, 2.45) is 5.73 Å². The van der Waals surface area contributed by atoms with E-state index < -0.39 is 0 Å². The zero-order chi connectivity index (χ0) is 12.1. The molecule has 0 heterocycles. The fourth-order valence-corrected chi connectivity index (χ4v) is 1.35. The number of benzene rings is 1. The zero-order valence-electron chi connectivity index (χ0n) is 9.36. The fraction of sp³-hybridized carbons (Fsp3) is 0.273. The highest BCUT2D eigenvalue weighted by molar-refractivity contribution is 7.80. The Hall–Kier alpha value is -1.62. The number of nitrogens with one attached hydrogen (secondary N) is 1. The molecule has 4 nitrogen and oxygen atoms in total. The summed E-state index contributed by atoms with van der Waals surface area (Å²) in [5.74, 6) is 0.0625. The number of rotatable bonds is 3. The second kappa shape index (κ2) is 5.46. The largest absolute Gasteiger partial charge is 0.376 e. The first kappa shape index (κ1) is 12.4. The first-order chi connectivity index (χ1) is 7.49. The molecular formula is C11H15N3OS. The van der Waals surface area contributed by atoms with Gasteiger partial charge in [-0.25, -0.2) is 0 Å². The van der Waals surface area contributed by atoms with Gasteiger partial charge in [-0.2, -0.15) is 0 Å². The SMILES string of the molecule is CN(C)C(=O)Cc1cccc(NC(N)=S)c1. The van der Waals surface area contributed by atoms with Crippen molar-refractivity contribution in [3.8, 4) is 0 Å². The number of hydrogen-bond donors (Lipinski definition) is 2. The van der Waals surface area contributed by atoms with Crippen LogP contribution in [-0.4, -0.2) is 30.0 Å². The van der Waals surface area contributed by atoms with Crippen LogP contribution in [0.4, 0.5) is 5.69 Å². The second-order valence-corrected chi connectivity index (χ2v) is 4.09.